The smallest absolute Gasteiger partial charge is 1.00 e. The molecular formula is C6H2Cl14LiO3S-. The van der Waals surface area contributed by atoms with Gasteiger partial charge >= 0.3 is 18.9 Å². The van der Waals surface area contributed by atoms with Crippen molar-refractivity contribution >= 4 is 174 Å². The predicted octanol–water partition coefficient (Wildman–Crippen LogP) is 4.88. The molecular weight excluding hydrogens is 655 g/mol. The van der Waals surface area contributed by atoms with Crippen LogP contribution in [0.2, 0.25) is 0 Å². The first kappa shape index (κ1) is 34.3. The van der Waals surface area contributed by atoms with Gasteiger partial charge in [0.1, 0.15) is 0 Å². The molecule has 0 spiro atoms. The molecule has 0 aromatic heterocycles. The van der Waals surface area contributed by atoms with E-state index in [4.69, 9.17) is 176 Å². The van der Waals surface area contributed by atoms with Crippen molar-refractivity contribution in [2.24, 2.45) is 0 Å². The van der Waals surface area contributed by atoms with Crippen LogP contribution in [-0.4, -0.2) is 38.2 Å². The van der Waals surface area contributed by atoms with E-state index >= 15 is 0 Å². The van der Waals surface area contributed by atoms with Gasteiger partial charge < -0.3 is 10.5 Å². The zero-order chi connectivity index (χ0) is 20.6. The SMILES string of the molecule is ClC(Cl)(Cl)C(Cl)(Cl)C(Cl)(Cl)C(Cl)(Cl)C(Cl)(Cl)C(Cl)(Cl)Cl.O=S([O-])O.[H-].[Li+]. The fourth-order valence-electron chi connectivity index (χ4n) is 0.750. The molecule has 25 heavy (non-hydrogen) atoms. The third-order valence-electron chi connectivity index (χ3n) is 1.90. The second kappa shape index (κ2) is 11.6. The van der Waals surface area contributed by atoms with Crippen LogP contribution in [0.3, 0.4) is 0 Å². The second-order valence-electron chi connectivity index (χ2n) is 3.51. The Hall–Kier alpha value is 4.73. The van der Waals surface area contributed by atoms with Gasteiger partial charge in [0.05, 0.1) is 11.4 Å². The van der Waals surface area contributed by atoms with Gasteiger partial charge in [-0.15, -0.1) is 0 Å². The van der Waals surface area contributed by atoms with Crippen molar-refractivity contribution in [3.63, 3.8) is 0 Å². The van der Waals surface area contributed by atoms with Crippen LogP contribution in [-0.2, 0) is 11.4 Å². The quantitative estimate of drug-likeness (QED) is 0.268. The second-order valence-corrected chi connectivity index (χ2v) is 13.8. The molecule has 0 aromatic carbocycles. The summed E-state index contributed by atoms with van der Waals surface area (Å²) in [4.78, 5) is 0. The van der Waals surface area contributed by atoms with E-state index in [0.29, 0.717) is 0 Å². The minimum atomic E-state index is -2.86. The zero-order valence-corrected chi connectivity index (χ0v) is 22.4. The van der Waals surface area contributed by atoms with Crippen LogP contribution in [0.25, 0.3) is 0 Å². The fraction of sp³-hybridized carbons (Fsp3) is 1.00. The van der Waals surface area contributed by atoms with E-state index in [1.807, 2.05) is 0 Å². The maximum atomic E-state index is 8.56. The number of alkyl halides is 14. The van der Waals surface area contributed by atoms with Gasteiger partial charge in [0, 0.05) is 0 Å². The molecule has 0 aliphatic rings. The van der Waals surface area contributed by atoms with E-state index in [0.717, 1.165) is 0 Å². The largest absolute Gasteiger partial charge is 1.00 e. The first-order valence-electron chi connectivity index (χ1n) is 4.41. The zero-order valence-electron chi connectivity index (χ0n) is 12.0. The first-order chi connectivity index (χ1) is 9.98. The molecule has 3 nitrogen and oxygen atoms in total. The number of halogens is 14. The third kappa shape index (κ3) is 8.30. The van der Waals surface area contributed by atoms with Crippen LogP contribution < -0.4 is 18.9 Å². The Labute approximate surface area is 229 Å². The molecule has 150 valence electrons. The van der Waals surface area contributed by atoms with Crippen molar-refractivity contribution in [1.29, 1.82) is 0 Å². The standard InChI is InChI=1S/C6Cl14.Li.H2O3S.H/c7-1(8,3(11,12)5(15,16)17)2(9,10)4(13,14)6(18,19)20;;1-4(2)3;/h;;(H2,1,2,3);/q;+1;;-1/p-1. The summed E-state index contributed by atoms with van der Waals surface area (Å²) in [5.74, 6) is 0. The Balaban J connectivity index is -0.000000363. The van der Waals surface area contributed by atoms with E-state index in [1.165, 1.54) is 0 Å². The Morgan fingerprint density at radius 2 is 0.720 bits per heavy atom. The van der Waals surface area contributed by atoms with Gasteiger partial charge in [0.25, 0.3) is 0 Å². The molecule has 19 heteroatoms. The van der Waals surface area contributed by atoms with Crippen LogP contribution in [0.15, 0.2) is 0 Å². The predicted molar refractivity (Wildman–Crippen MR) is 111 cm³/mol. The minimum Gasteiger partial charge on any atom is -1.00 e. The number of rotatable bonds is 3. The van der Waals surface area contributed by atoms with Crippen LogP contribution in [0.5, 0.6) is 0 Å². The monoisotopic (exact) mass is 651 g/mol. The van der Waals surface area contributed by atoms with Gasteiger partial charge in [-0.05, 0) is 0 Å². The third-order valence-corrected chi connectivity index (χ3v) is 10.5. The summed E-state index contributed by atoms with van der Waals surface area (Å²) in [6.07, 6.45) is 0. The molecule has 0 aliphatic carbocycles. The topological polar surface area (TPSA) is 60.4 Å². The average Bonchev–Trinajstić information content (AvgIpc) is 2.23. The van der Waals surface area contributed by atoms with Gasteiger partial charge in [-0.25, -0.2) is 4.21 Å². The molecule has 0 saturated heterocycles. The van der Waals surface area contributed by atoms with Crippen LogP contribution >= 0.6 is 162 Å². The van der Waals surface area contributed by atoms with E-state index in [-0.39, 0.29) is 20.3 Å². The van der Waals surface area contributed by atoms with Gasteiger partial charge in [0.2, 0.25) is 16.3 Å². The van der Waals surface area contributed by atoms with E-state index < -0.39 is 36.3 Å². The van der Waals surface area contributed by atoms with Crippen molar-refractivity contribution in [2.75, 3.05) is 0 Å². The minimum absolute atomic E-state index is 0. The number of hydrogen-bond acceptors (Lipinski definition) is 2. The molecule has 1 N–H and O–H groups in total. The maximum absolute atomic E-state index is 8.56. The molecule has 1 unspecified atom stereocenters. The summed E-state index contributed by atoms with van der Waals surface area (Å²) in [6, 6.07) is 0. The molecule has 0 aliphatic heterocycles. The summed E-state index contributed by atoms with van der Waals surface area (Å²) >= 11 is 77.7. The summed E-state index contributed by atoms with van der Waals surface area (Å²) < 4.78 is 8.61. The van der Waals surface area contributed by atoms with Gasteiger partial charge in [-0.3, -0.25) is 0 Å². The van der Waals surface area contributed by atoms with Crippen molar-refractivity contribution in [1.82, 2.24) is 0 Å². The molecule has 1 atom stereocenters. The van der Waals surface area contributed by atoms with E-state index in [1.54, 1.807) is 0 Å². The Morgan fingerprint density at radius 1 is 0.600 bits per heavy atom. The maximum Gasteiger partial charge on any atom is 1.00 e. The van der Waals surface area contributed by atoms with Gasteiger partial charge in [-0.1, -0.05) is 162 Å². The van der Waals surface area contributed by atoms with E-state index in [2.05, 4.69) is 0 Å². The average molecular weight is 657 g/mol. The van der Waals surface area contributed by atoms with Crippen molar-refractivity contribution in [2.45, 2.75) is 24.9 Å². The molecule has 0 rings (SSSR count). The van der Waals surface area contributed by atoms with E-state index in [9.17, 15) is 0 Å². The summed E-state index contributed by atoms with van der Waals surface area (Å²) in [6.45, 7) is 0. The Kier molecular flexibility index (Phi) is 15.9. The molecule has 0 bridgehead atoms. The van der Waals surface area contributed by atoms with Crippen molar-refractivity contribution < 1.29 is 33.6 Å². The molecule has 0 radical (unpaired) electrons. The summed E-state index contributed by atoms with van der Waals surface area (Å²) in [5.41, 5.74) is 0. The molecule has 0 fully saturated rings. The van der Waals surface area contributed by atoms with Crippen molar-refractivity contribution in [3.8, 4) is 0 Å². The summed E-state index contributed by atoms with van der Waals surface area (Å²) in [7, 11) is 0. The number of hydrogen-bond donors (Lipinski definition) is 1. The normalized spacial score (nSPS) is 15.7. The van der Waals surface area contributed by atoms with Crippen LogP contribution in [0.1, 0.15) is 1.43 Å². The molecule has 0 aromatic rings. The first-order valence-corrected chi connectivity index (χ1v) is 10.7. The summed E-state index contributed by atoms with van der Waals surface area (Å²) in [5, 5.41) is 0. The van der Waals surface area contributed by atoms with Crippen LogP contribution in [0, 0.1) is 0 Å². The van der Waals surface area contributed by atoms with Crippen molar-refractivity contribution in [3.05, 3.63) is 0 Å². The van der Waals surface area contributed by atoms with Crippen LogP contribution in [0.4, 0.5) is 0 Å². The van der Waals surface area contributed by atoms with Gasteiger partial charge in [-0.2, -0.15) is 0 Å². The molecule has 0 amide bonds. The Bertz CT molecular complexity index is 423. The molecule has 0 saturated carbocycles. The molecule has 0 heterocycles. The van der Waals surface area contributed by atoms with Gasteiger partial charge in [0.15, 0.2) is 8.67 Å². The fourth-order valence-corrected chi connectivity index (χ4v) is 4.27. The Morgan fingerprint density at radius 3 is 0.800 bits per heavy atom.